The van der Waals surface area contributed by atoms with Crippen LogP contribution in [-0.4, -0.2) is 37.7 Å². The molecule has 6 heteroatoms. The topological polar surface area (TPSA) is 49.7 Å². The lowest BCUT2D eigenvalue weighted by molar-refractivity contribution is 0.195. The number of aromatic amines is 1. The fraction of sp³-hybridized carbons (Fsp3) is 0.444. The van der Waals surface area contributed by atoms with Crippen molar-refractivity contribution in [1.29, 1.82) is 0 Å². The average molecular weight is 341 g/mol. The summed E-state index contributed by atoms with van der Waals surface area (Å²) in [4.78, 5) is 7.00. The Morgan fingerprint density at radius 2 is 2.38 bits per heavy atom. The maximum atomic E-state index is 4.44. The van der Waals surface area contributed by atoms with Crippen molar-refractivity contribution < 1.29 is 0 Å². The Kier molecular flexibility index (Phi) is 4.49. The molecule has 0 radical (unpaired) electrons. The first-order chi connectivity index (χ1) is 11.8. The van der Waals surface area contributed by atoms with Gasteiger partial charge in [-0.25, -0.2) is 4.98 Å². The molecular formula is C18H23N5S. The van der Waals surface area contributed by atoms with Crippen LogP contribution in [0.25, 0.3) is 5.13 Å². The highest BCUT2D eigenvalue weighted by atomic mass is 32.1. The molecule has 4 heterocycles. The molecule has 3 aromatic rings. The SMILES string of the molecule is CCc1cn[nH]c1C1CCCN(Cc2cccn2-c2nccs2)C1. The first-order valence-electron chi connectivity index (χ1n) is 8.65. The van der Waals surface area contributed by atoms with E-state index in [2.05, 4.69) is 49.9 Å². The molecule has 1 aliphatic heterocycles. The van der Waals surface area contributed by atoms with Crippen molar-refractivity contribution in [2.45, 2.75) is 38.6 Å². The van der Waals surface area contributed by atoms with Gasteiger partial charge in [-0.2, -0.15) is 5.10 Å². The van der Waals surface area contributed by atoms with Gasteiger partial charge in [0.2, 0.25) is 0 Å². The molecular weight excluding hydrogens is 318 g/mol. The van der Waals surface area contributed by atoms with E-state index in [9.17, 15) is 0 Å². The van der Waals surface area contributed by atoms with E-state index in [0.29, 0.717) is 5.92 Å². The molecule has 1 saturated heterocycles. The summed E-state index contributed by atoms with van der Waals surface area (Å²) in [5.41, 5.74) is 4.02. The van der Waals surface area contributed by atoms with Crippen LogP contribution in [0.2, 0.25) is 0 Å². The minimum absolute atomic E-state index is 0.569. The molecule has 4 rings (SSSR count). The van der Waals surface area contributed by atoms with Gasteiger partial charge in [0.05, 0.1) is 6.20 Å². The van der Waals surface area contributed by atoms with E-state index in [1.807, 2.05) is 17.8 Å². The quantitative estimate of drug-likeness (QED) is 0.771. The highest BCUT2D eigenvalue weighted by Crippen LogP contribution is 2.29. The summed E-state index contributed by atoms with van der Waals surface area (Å²) in [7, 11) is 0. The lowest BCUT2D eigenvalue weighted by Crippen LogP contribution is -2.34. The van der Waals surface area contributed by atoms with Gasteiger partial charge in [-0.15, -0.1) is 11.3 Å². The molecule has 0 aliphatic carbocycles. The minimum Gasteiger partial charge on any atom is -0.297 e. The highest BCUT2D eigenvalue weighted by Gasteiger charge is 2.25. The van der Waals surface area contributed by atoms with Gasteiger partial charge in [0.1, 0.15) is 0 Å². The number of hydrogen-bond donors (Lipinski definition) is 1. The Balaban J connectivity index is 1.49. The summed E-state index contributed by atoms with van der Waals surface area (Å²) in [5, 5.41) is 10.6. The van der Waals surface area contributed by atoms with Crippen molar-refractivity contribution in [3.8, 4) is 5.13 Å². The third-order valence-corrected chi connectivity index (χ3v) is 5.66. The summed E-state index contributed by atoms with van der Waals surface area (Å²) in [6, 6.07) is 4.32. The highest BCUT2D eigenvalue weighted by molar-refractivity contribution is 7.12. The molecule has 0 bridgehead atoms. The van der Waals surface area contributed by atoms with E-state index in [-0.39, 0.29) is 0 Å². The van der Waals surface area contributed by atoms with E-state index >= 15 is 0 Å². The Bertz CT molecular complexity index is 773. The van der Waals surface area contributed by atoms with Crippen LogP contribution in [0.3, 0.4) is 0 Å². The predicted octanol–water partition coefficient (Wildman–Crippen LogP) is 3.60. The van der Waals surface area contributed by atoms with Gasteiger partial charge in [0.25, 0.3) is 0 Å². The lowest BCUT2D eigenvalue weighted by atomic mass is 9.92. The molecule has 0 amide bonds. The van der Waals surface area contributed by atoms with Gasteiger partial charge in [-0.1, -0.05) is 6.92 Å². The Morgan fingerprint density at radius 1 is 1.42 bits per heavy atom. The first kappa shape index (κ1) is 15.6. The second kappa shape index (κ2) is 6.91. The third-order valence-electron chi connectivity index (χ3n) is 4.89. The Morgan fingerprint density at radius 3 is 3.21 bits per heavy atom. The number of nitrogens with zero attached hydrogens (tertiary/aromatic N) is 4. The van der Waals surface area contributed by atoms with E-state index in [0.717, 1.165) is 31.2 Å². The number of nitrogens with one attached hydrogen (secondary N) is 1. The summed E-state index contributed by atoms with van der Waals surface area (Å²) in [6.07, 6.45) is 9.51. The Hall–Kier alpha value is -1.92. The fourth-order valence-corrected chi connectivity index (χ4v) is 4.34. The summed E-state index contributed by atoms with van der Waals surface area (Å²) < 4.78 is 2.21. The molecule has 126 valence electrons. The smallest absolute Gasteiger partial charge is 0.193 e. The maximum Gasteiger partial charge on any atom is 0.193 e. The molecule has 1 atom stereocenters. The normalized spacial score (nSPS) is 19.0. The van der Waals surface area contributed by atoms with Crippen LogP contribution in [0.1, 0.15) is 42.6 Å². The zero-order valence-corrected chi connectivity index (χ0v) is 14.8. The molecule has 0 aromatic carbocycles. The van der Waals surface area contributed by atoms with Crippen molar-refractivity contribution in [2.75, 3.05) is 13.1 Å². The van der Waals surface area contributed by atoms with Crippen molar-refractivity contribution >= 4 is 11.3 Å². The molecule has 24 heavy (non-hydrogen) atoms. The zero-order valence-electron chi connectivity index (χ0n) is 14.0. The molecule has 1 unspecified atom stereocenters. The van der Waals surface area contributed by atoms with Gasteiger partial charge in [-0.05, 0) is 43.5 Å². The molecule has 3 aromatic heterocycles. The number of aromatic nitrogens is 4. The van der Waals surface area contributed by atoms with Crippen LogP contribution in [-0.2, 0) is 13.0 Å². The van der Waals surface area contributed by atoms with E-state index in [1.165, 1.54) is 29.8 Å². The molecule has 0 saturated carbocycles. The van der Waals surface area contributed by atoms with E-state index < -0.39 is 0 Å². The van der Waals surface area contributed by atoms with Crippen LogP contribution in [0.15, 0.2) is 36.1 Å². The van der Waals surface area contributed by atoms with Crippen LogP contribution >= 0.6 is 11.3 Å². The number of likely N-dealkylation sites (tertiary alicyclic amines) is 1. The number of piperidine rings is 1. The van der Waals surface area contributed by atoms with Gasteiger partial charge in [0, 0.05) is 48.2 Å². The lowest BCUT2D eigenvalue weighted by Gasteiger charge is -2.32. The van der Waals surface area contributed by atoms with E-state index in [1.54, 1.807) is 11.3 Å². The zero-order chi connectivity index (χ0) is 16.4. The minimum atomic E-state index is 0.569. The molecule has 5 nitrogen and oxygen atoms in total. The third kappa shape index (κ3) is 3.03. The fourth-order valence-electron chi connectivity index (χ4n) is 3.69. The summed E-state index contributed by atoms with van der Waals surface area (Å²) in [6.45, 7) is 5.43. The predicted molar refractivity (Wildman–Crippen MR) is 96.7 cm³/mol. The maximum absolute atomic E-state index is 4.44. The van der Waals surface area contributed by atoms with Gasteiger partial charge >= 0.3 is 0 Å². The van der Waals surface area contributed by atoms with Crippen LogP contribution in [0.4, 0.5) is 0 Å². The summed E-state index contributed by atoms with van der Waals surface area (Å²) in [5.74, 6) is 0.569. The number of hydrogen-bond acceptors (Lipinski definition) is 4. The Labute approximate surface area is 146 Å². The number of H-pyrrole nitrogens is 1. The van der Waals surface area contributed by atoms with E-state index in [4.69, 9.17) is 0 Å². The van der Waals surface area contributed by atoms with Crippen LogP contribution < -0.4 is 0 Å². The first-order valence-corrected chi connectivity index (χ1v) is 9.53. The second-order valence-corrected chi connectivity index (χ2v) is 7.29. The van der Waals surface area contributed by atoms with Crippen LogP contribution in [0, 0.1) is 0 Å². The molecule has 1 N–H and O–H groups in total. The monoisotopic (exact) mass is 341 g/mol. The molecule has 1 aliphatic rings. The standard InChI is InChI=1S/C18H23N5S/c1-2-14-11-20-21-17(14)15-5-3-8-22(12-15)13-16-6-4-9-23(16)18-19-7-10-24-18/h4,6-7,9-11,15H,2-3,5,8,12-13H2,1H3,(H,20,21). The number of rotatable bonds is 5. The van der Waals surface area contributed by atoms with Crippen LogP contribution in [0.5, 0.6) is 0 Å². The average Bonchev–Trinajstić information content (AvgIpc) is 3.35. The van der Waals surface area contributed by atoms with Crippen molar-refractivity contribution in [3.63, 3.8) is 0 Å². The van der Waals surface area contributed by atoms with Gasteiger partial charge in [-0.3, -0.25) is 14.6 Å². The van der Waals surface area contributed by atoms with Gasteiger partial charge in [0.15, 0.2) is 5.13 Å². The number of aryl methyl sites for hydroxylation is 1. The summed E-state index contributed by atoms with van der Waals surface area (Å²) >= 11 is 1.68. The molecule has 0 spiro atoms. The largest absolute Gasteiger partial charge is 0.297 e. The van der Waals surface area contributed by atoms with Gasteiger partial charge < -0.3 is 0 Å². The van der Waals surface area contributed by atoms with Crippen molar-refractivity contribution in [1.82, 2.24) is 24.6 Å². The van der Waals surface area contributed by atoms with Crippen molar-refractivity contribution in [3.05, 3.63) is 53.1 Å². The number of thiazole rings is 1. The molecule has 1 fully saturated rings. The van der Waals surface area contributed by atoms with Crippen molar-refractivity contribution in [2.24, 2.45) is 0 Å². The second-order valence-electron chi connectivity index (χ2n) is 6.42.